The third kappa shape index (κ3) is 3.27. The molecule has 0 unspecified atom stereocenters. The number of rotatable bonds is 4. The quantitative estimate of drug-likeness (QED) is 0.832. The van der Waals surface area contributed by atoms with Crippen molar-refractivity contribution in [2.45, 2.75) is 23.3 Å². The number of fused-ring (bicyclic) bond motifs is 1. The first kappa shape index (κ1) is 17.3. The lowest BCUT2D eigenvalue weighted by atomic mass is 10.1. The summed E-state index contributed by atoms with van der Waals surface area (Å²) in [6, 6.07) is 8.43. The van der Waals surface area contributed by atoms with Gasteiger partial charge in [0, 0.05) is 18.0 Å². The summed E-state index contributed by atoms with van der Waals surface area (Å²) in [5.74, 6) is -0.523. The van der Waals surface area contributed by atoms with Crippen LogP contribution in [-0.2, 0) is 14.8 Å². The lowest BCUT2D eigenvalue weighted by Crippen LogP contribution is -2.28. The highest BCUT2D eigenvalue weighted by atomic mass is 35.5. The number of ether oxygens (including phenoxy) is 1. The van der Waals surface area contributed by atoms with Crippen LogP contribution in [0.25, 0.3) is 0 Å². The van der Waals surface area contributed by atoms with E-state index in [1.807, 2.05) is 0 Å². The van der Waals surface area contributed by atoms with E-state index in [-0.39, 0.29) is 46.0 Å². The molecule has 2 atom stereocenters. The van der Waals surface area contributed by atoms with E-state index >= 15 is 0 Å². The van der Waals surface area contributed by atoms with Gasteiger partial charge in [0.2, 0.25) is 10.0 Å². The minimum Gasteiger partial charge on any atom is -0.482 e. The maximum atomic E-state index is 13.3. The average Bonchev–Trinajstić information content (AvgIpc) is 3.32. The first-order valence-electron chi connectivity index (χ1n) is 7.87. The van der Waals surface area contributed by atoms with Crippen LogP contribution in [-0.4, -0.2) is 27.0 Å². The summed E-state index contributed by atoms with van der Waals surface area (Å²) < 4.78 is 46.5. The van der Waals surface area contributed by atoms with Gasteiger partial charge in [0.05, 0.1) is 10.7 Å². The fraction of sp³-hybridized carbons (Fsp3) is 0.235. The van der Waals surface area contributed by atoms with Gasteiger partial charge in [0.15, 0.2) is 6.61 Å². The Labute approximate surface area is 154 Å². The predicted octanol–water partition coefficient (Wildman–Crippen LogP) is 2.64. The Kier molecular flexibility index (Phi) is 4.13. The molecule has 136 valence electrons. The molecule has 4 rings (SSSR count). The molecular weight excluding hydrogens is 383 g/mol. The third-order valence-corrected chi connectivity index (χ3v) is 6.28. The smallest absolute Gasteiger partial charge is 0.262 e. The molecule has 1 saturated carbocycles. The minimum absolute atomic E-state index is 0.0231. The van der Waals surface area contributed by atoms with Crippen molar-refractivity contribution in [2.24, 2.45) is 0 Å². The highest BCUT2D eigenvalue weighted by Crippen LogP contribution is 2.43. The van der Waals surface area contributed by atoms with Crippen LogP contribution in [0.15, 0.2) is 41.3 Å². The Balaban J connectivity index is 1.55. The van der Waals surface area contributed by atoms with Crippen LogP contribution in [0.1, 0.15) is 17.9 Å². The van der Waals surface area contributed by atoms with Crippen LogP contribution < -0.4 is 14.8 Å². The van der Waals surface area contributed by atoms with Crippen molar-refractivity contribution in [3.05, 3.63) is 52.8 Å². The molecule has 2 aromatic rings. The van der Waals surface area contributed by atoms with Gasteiger partial charge in [0.1, 0.15) is 16.5 Å². The number of benzene rings is 2. The highest BCUT2D eigenvalue weighted by Gasteiger charge is 2.42. The highest BCUT2D eigenvalue weighted by molar-refractivity contribution is 7.89. The number of nitrogens with one attached hydrogen (secondary N) is 2. The van der Waals surface area contributed by atoms with Crippen LogP contribution >= 0.6 is 11.6 Å². The summed E-state index contributed by atoms with van der Waals surface area (Å²) in [6.45, 7) is -0.189. The van der Waals surface area contributed by atoms with Gasteiger partial charge in [-0.1, -0.05) is 23.7 Å². The molecule has 26 heavy (non-hydrogen) atoms. The molecule has 1 heterocycles. The Hall–Kier alpha value is -2.16. The molecule has 1 aliphatic heterocycles. The average molecular weight is 397 g/mol. The second-order valence-electron chi connectivity index (χ2n) is 6.24. The van der Waals surface area contributed by atoms with Gasteiger partial charge < -0.3 is 10.1 Å². The van der Waals surface area contributed by atoms with E-state index in [9.17, 15) is 17.6 Å². The van der Waals surface area contributed by atoms with Crippen molar-refractivity contribution >= 4 is 33.2 Å². The maximum Gasteiger partial charge on any atom is 0.262 e. The van der Waals surface area contributed by atoms with Crippen LogP contribution in [0.5, 0.6) is 5.75 Å². The molecule has 1 fully saturated rings. The van der Waals surface area contributed by atoms with Gasteiger partial charge in [-0.15, -0.1) is 0 Å². The van der Waals surface area contributed by atoms with Crippen molar-refractivity contribution in [3.8, 4) is 5.75 Å². The number of anilines is 1. The van der Waals surface area contributed by atoms with E-state index in [1.165, 1.54) is 24.3 Å². The third-order valence-electron chi connectivity index (χ3n) is 4.33. The van der Waals surface area contributed by atoms with Crippen LogP contribution in [0.2, 0.25) is 5.02 Å². The predicted molar refractivity (Wildman–Crippen MR) is 93.4 cm³/mol. The zero-order chi connectivity index (χ0) is 18.5. The minimum atomic E-state index is -3.89. The molecule has 0 aromatic heterocycles. The number of carbonyl (C=O) groups excluding carboxylic acids is 1. The number of carbonyl (C=O) groups is 1. The van der Waals surface area contributed by atoms with Crippen LogP contribution in [0.3, 0.4) is 0 Å². The molecule has 0 spiro atoms. The molecule has 1 aliphatic carbocycles. The Bertz CT molecular complexity index is 1010. The second-order valence-corrected chi connectivity index (χ2v) is 8.33. The molecule has 6 nitrogen and oxygen atoms in total. The molecule has 0 saturated heterocycles. The second kappa shape index (κ2) is 6.22. The zero-order valence-corrected chi connectivity index (χ0v) is 14.9. The van der Waals surface area contributed by atoms with E-state index < -0.39 is 10.0 Å². The van der Waals surface area contributed by atoms with Crippen LogP contribution in [0.4, 0.5) is 10.1 Å². The Morgan fingerprint density at radius 3 is 2.85 bits per heavy atom. The van der Waals surface area contributed by atoms with E-state index in [0.29, 0.717) is 12.1 Å². The van der Waals surface area contributed by atoms with Crippen molar-refractivity contribution in [3.63, 3.8) is 0 Å². The van der Waals surface area contributed by atoms with Gasteiger partial charge in [-0.2, -0.15) is 0 Å². The van der Waals surface area contributed by atoms with E-state index in [0.717, 1.165) is 5.56 Å². The summed E-state index contributed by atoms with van der Waals surface area (Å²) in [5, 5.41) is 2.54. The van der Waals surface area contributed by atoms with Crippen molar-refractivity contribution in [1.82, 2.24) is 4.72 Å². The first-order chi connectivity index (χ1) is 12.3. The topological polar surface area (TPSA) is 84.5 Å². The van der Waals surface area contributed by atoms with Crippen LogP contribution in [0, 0.1) is 5.82 Å². The largest absolute Gasteiger partial charge is 0.482 e. The molecule has 2 N–H and O–H groups in total. The SMILES string of the molecule is O=C1COc2cc(S(=O)(=O)N[C@@H]3C[C@@H]3c3cccc(F)c3)c(Cl)cc2N1. The zero-order valence-electron chi connectivity index (χ0n) is 13.3. The summed E-state index contributed by atoms with van der Waals surface area (Å²) in [5.41, 5.74) is 1.08. The van der Waals surface area contributed by atoms with Crippen molar-refractivity contribution in [2.75, 3.05) is 11.9 Å². The summed E-state index contributed by atoms with van der Waals surface area (Å²) >= 11 is 6.10. The fourth-order valence-electron chi connectivity index (χ4n) is 2.98. The molecule has 1 amide bonds. The summed E-state index contributed by atoms with van der Waals surface area (Å²) in [4.78, 5) is 11.2. The fourth-order valence-corrected chi connectivity index (χ4v) is 4.81. The molecular formula is C17H14ClFN2O4S. The number of hydrogen-bond acceptors (Lipinski definition) is 4. The Morgan fingerprint density at radius 2 is 2.08 bits per heavy atom. The Morgan fingerprint density at radius 1 is 1.27 bits per heavy atom. The number of sulfonamides is 1. The van der Waals surface area contributed by atoms with Gasteiger partial charge in [0.25, 0.3) is 5.91 Å². The van der Waals surface area contributed by atoms with Crippen molar-refractivity contribution < 1.29 is 22.3 Å². The summed E-state index contributed by atoms with van der Waals surface area (Å²) in [6.07, 6.45) is 0.581. The number of amides is 1. The van der Waals surface area contributed by atoms with Gasteiger partial charge in [-0.25, -0.2) is 17.5 Å². The van der Waals surface area contributed by atoms with E-state index in [2.05, 4.69) is 10.0 Å². The molecule has 2 aromatic carbocycles. The summed E-state index contributed by atoms with van der Waals surface area (Å²) in [7, 11) is -3.89. The molecule has 0 bridgehead atoms. The van der Waals surface area contributed by atoms with E-state index in [4.69, 9.17) is 16.3 Å². The molecule has 2 aliphatic rings. The molecule has 0 radical (unpaired) electrons. The lowest BCUT2D eigenvalue weighted by molar-refractivity contribution is -0.118. The number of halogens is 2. The first-order valence-corrected chi connectivity index (χ1v) is 9.73. The normalized spacial score (nSPS) is 21.5. The van der Waals surface area contributed by atoms with Gasteiger partial charge in [-0.3, -0.25) is 4.79 Å². The number of hydrogen-bond donors (Lipinski definition) is 2. The maximum absolute atomic E-state index is 13.3. The lowest BCUT2D eigenvalue weighted by Gasteiger charge is -2.19. The van der Waals surface area contributed by atoms with Gasteiger partial charge in [-0.05, 0) is 30.2 Å². The monoisotopic (exact) mass is 396 g/mol. The molecule has 9 heteroatoms. The van der Waals surface area contributed by atoms with E-state index in [1.54, 1.807) is 12.1 Å². The standard InChI is InChI=1S/C17H14ClFN2O4S/c18-12-6-14-15(25-8-17(22)20-14)7-16(12)26(23,24)21-13-5-11(13)9-2-1-3-10(19)4-9/h1-4,6-7,11,13,21H,5,8H2,(H,20,22)/t11-,13-/m1/s1. The van der Waals surface area contributed by atoms with Crippen molar-refractivity contribution in [1.29, 1.82) is 0 Å². The van der Waals surface area contributed by atoms with Gasteiger partial charge >= 0.3 is 0 Å².